The van der Waals surface area contributed by atoms with E-state index >= 15 is 0 Å². The van der Waals surface area contributed by atoms with Crippen LogP contribution in [0.5, 0.6) is 11.5 Å². The predicted octanol–water partition coefficient (Wildman–Crippen LogP) is 5.32. The van der Waals surface area contributed by atoms with Gasteiger partial charge in [-0.05, 0) is 42.8 Å². The number of hydrogen-bond acceptors (Lipinski definition) is 8. The van der Waals surface area contributed by atoms with Gasteiger partial charge in [0.25, 0.3) is 5.91 Å². The van der Waals surface area contributed by atoms with E-state index in [2.05, 4.69) is 10.5 Å². The van der Waals surface area contributed by atoms with Crippen molar-refractivity contribution in [3.63, 3.8) is 0 Å². The molecule has 0 radical (unpaired) electrons. The average Bonchev–Trinajstić information content (AvgIpc) is 3.31. The minimum Gasteiger partial charge on any atom is -0.493 e. The van der Waals surface area contributed by atoms with E-state index in [0.717, 1.165) is 0 Å². The zero-order chi connectivity index (χ0) is 27.1. The summed E-state index contributed by atoms with van der Waals surface area (Å²) in [6, 6.07) is 20.5. The van der Waals surface area contributed by atoms with Gasteiger partial charge in [-0.1, -0.05) is 59.8 Å². The second-order valence-electron chi connectivity index (χ2n) is 8.06. The fraction of sp³-hybridized carbons (Fsp3) is 0.107. The fourth-order valence-electron chi connectivity index (χ4n) is 3.66. The lowest BCUT2D eigenvalue weighted by atomic mass is 10.0. The van der Waals surface area contributed by atoms with Crippen LogP contribution in [0.3, 0.4) is 0 Å². The van der Waals surface area contributed by atoms with Crippen LogP contribution in [-0.2, 0) is 4.79 Å². The number of ether oxygens (including phenoxy) is 2. The molecular weight excluding hydrogens is 490 g/mol. The van der Waals surface area contributed by atoms with Crippen molar-refractivity contribution < 1.29 is 28.5 Å². The summed E-state index contributed by atoms with van der Waals surface area (Å²) >= 11 is 0. The molecule has 0 atom stereocenters. The molecule has 10 heteroatoms. The van der Waals surface area contributed by atoms with E-state index < -0.39 is 10.8 Å². The van der Waals surface area contributed by atoms with Gasteiger partial charge in [-0.2, -0.15) is 0 Å². The molecule has 3 aromatic carbocycles. The Morgan fingerprint density at radius 3 is 2.50 bits per heavy atom. The molecule has 0 saturated carbocycles. The molecule has 0 aliphatic heterocycles. The van der Waals surface area contributed by atoms with Crippen LogP contribution >= 0.6 is 0 Å². The van der Waals surface area contributed by atoms with Crippen molar-refractivity contribution in [1.82, 2.24) is 5.16 Å². The number of carbonyl (C=O) groups excluding carboxylic acids is 2. The van der Waals surface area contributed by atoms with Gasteiger partial charge in [0.05, 0.1) is 17.7 Å². The number of nitro groups is 1. The molecule has 0 unspecified atom stereocenters. The largest absolute Gasteiger partial charge is 0.493 e. The van der Waals surface area contributed by atoms with E-state index in [1.807, 2.05) is 6.07 Å². The molecule has 0 aliphatic carbocycles. The number of carbonyl (C=O) groups is 2. The minimum absolute atomic E-state index is 0.0227. The third kappa shape index (κ3) is 5.93. The maximum Gasteiger partial charge on any atom is 0.338 e. The Hall–Kier alpha value is -5.25. The maximum absolute atomic E-state index is 12.9. The van der Waals surface area contributed by atoms with Gasteiger partial charge < -0.3 is 19.3 Å². The number of rotatable bonds is 10. The summed E-state index contributed by atoms with van der Waals surface area (Å²) in [5, 5.41) is 17.6. The maximum atomic E-state index is 12.9. The van der Waals surface area contributed by atoms with Crippen LogP contribution < -0.4 is 14.8 Å². The number of aromatic nitrogens is 1. The molecule has 0 fully saturated rings. The molecule has 10 nitrogen and oxygen atoms in total. The first-order valence-corrected chi connectivity index (χ1v) is 11.5. The summed E-state index contributed by atoms with van der Waals surface area (Å²) in [6.07, 6.45) is 3.04. The molecule has 0 bridgehead atoms. The average molecular weight is 514 g/mol. The molecule has 192 valence electrons. The predicted molar refractivity (Wildman–Crippen MR) is 140 cm³/mol. The topological polar surface area (TPSA) is 134 Å². The number of hydrogen-bond donors (Lipinski definition) is 1. The number of ketones is 1. The van der Waals surface area contributed by atoms with Crippen molar-refractivity contribution in [2.24, 2.45) is 0 Å². The second kappa shape index (κ2) is 11.7. The highest BCUT2D eigenvalue weighted by molar-refractivity contribution is 6.13. The van der Waals surface area contributed by atoms with Crippen molar-refractivity contribution in [3.8, 4) is 11.5 Å². The van der Waals surface area contributed by atoms with Gasteiger partial charge >= 0.3 is 5.69 Å². The van der Waals surface area contributed by atoms with Gasteiger partial charge in [0, 0.05) is 11.1 Å². The Morgan fingerprint density at radius 1 is 1.03 bits per heavy atom. The van der Waals surface area contributed by atoms with Crippen LogP contribution in [0, 0.1) is 17.0 Å². The Morgan fingerprint density at radius 2 is 1.76 bits per heavy atom. The van der Waals surface area contributed by atoms with Gasteiger partial charge in [-0.15, -0.1) is 0 Å². The number of para-hydroxylation sites is 1. The van der Waals surface area contributed by atoms with Gasteiger partial charge in [0.2, 0.25) is 5.76 Å². The van der Waals surface area contributed by atoms with E-state index in [-0.39, 0.29) is 29.5 Å². The van der Waals surface area contributed by atoms with Crippen molar-refractivity contribution in [1.29, 1.82) is 0 Å². The van der Waals surface area contributed by atoms with Crippen molar-refractivity contribution in [2.45, 2.75) is 6.92 Å². The summed E-state index contributed by atoms with van der Waals surface area (Å²) in [4.78, 5) is 36.2. The summed E-state index contributed by atoms with van der Waals surface area (Å²) in [5.41, 5.74) is 1.88. The summed E-state index contributed by atoms with van der Waals surface area (Å²) < 4.78 is 16.1. The zero-order valence-electron chi connectivity index (χ0n) is 20.5. The molecule has 1 heterocycles. The molecule has 4 aromatic rings. The number of aryl methyl sites for hydroxylation is 1. The fourth-order valence-corrected chi connectivity index (χ4v) is 3.66. The number of methoxy groups -OCH3 is 1. The number of benzene rings is 3. The smallest absolute Gasteiger partial charge is 0.338 e. The number of amides is 1. The van der Waals surface area contributed by atoms with E-state index in [1.54, 1.807) is 72.8 Å². The number of nitrogens with one attached hydrogen (secondary N) is 1. The monoisotopic (exact) mass is 513 g/mol. The van der Waals surface area contributed by atoms with Crippen LogP contribution in [0.15, 0.2) is 77.3 Å². The molecule has 1 aromatic heterocycles. The quantitative estimate of drug-likeness (QED) is 0.171. The number of anilines is 1. The van der Waals surface area contributed by atoms with E-state index in [4.69, 9.17) is 14.0 Å². The van der Waals surface area contributed by atoms with Crippen LogP contribution in [-0.4, -0.2) is 35.5 Å². The lowest BCUT2D eigenvalue weighted by Gasteiger charge is -2.13. The van der Waals surface area contributed by atoms with Crippen molar-refractivity contribution in [2.75, 3.05) is 19.0 Å². The Kier molecular flexibility index (Phi) is 7.92. The molecule has 1 amide bonds. The van der Waals surface area contributed by atoms with E-state index in [1.165, 1.54) is 20.1 Å². The lowest BCUT2D eigenvalue weighted by Crippen LogP contribution is -2.21. The van der Waals surface area contributed by atoms with Gasteiger partial charge in [0.15, 0.2) is 29.6 Å². The van der Waals surface area contributed by atoms with Gasteiger partial charge in [-0.3, -0.25) is 19.7 Å². The van der Waals surface area contributed by atoms with Crippen molar-refractivity contribution in [3.05, 3.63) is 111 Å². The third-order valence-corrected chi connectivity index (χ3v) is 5.49. The third-order valence-electron chi connectivity index (χ3n) is 5.49. The second-order valence-corrected chi connectivity index (χ2v) is 8.06. The molecule has 4 rings (SSSR count). The molecule has 1 N–H and O–H groups in total. The lowest BCUT2D eigenvalue weighted by molar-refractivity contribution is -0.386. The molecular formula is C28H23N3O7. The van der Waals surface area contributed by atoms with Crippen LogP contribution in [0.4, 0.5) is 11.4 Å². The molecule has 0 saturated heterocycles. The van der Waals surface area contributed by atoms with E-state index in [9.17, 15) is 19.7 Å². The summed E-state index contributed by atoms with van der Waals surface area (Å²) in [6.45, 7) is 1.16. The summed E-state index contributed by atoms with van der Waals surface area (Å²) in [7, 11) is 1.45. The van der Waals surface area contributed by atoms with Gasteiger partial charge in [-0.25, -0.2) is 0 Å². The SMILES string of the molecule is COc1cc(/C=C/c2onc(C)c2[N+](=O)[O-])ccc1OCC(=O)Nc1ccccc1C(=O)c1ccccc1. The minimum atomic E-state index is -0.552. The first-order valence-electron chi connectivity index (χ1n) is 11.5. The Bertz CT molecular complexity index is 1510. The molecule has 0 spiro atoms. The van der Waals surface area contributed by atoms with Crippen LogP contribution in [0.1, 0.15) is 32.9 Å². The highest BCUT2D eigenvalue weighted by Gasteiger charge is 2.22. The normalized spacial score (nSPS) is 10.8. The first-order chi connectivity index (χ1) is 18.4. The highest BCUT2D eigenvalue weighted by Crippen LogP contribution is 2.30. The zero-order valence-corrected chi connectivity index (χ0v) is 20.5. The Balaban J connectivity index is 1.43. The molecule has 0 aliphatic rings. The number of nitrogens with zero attached hydrogens (tertiary/aromatic N) is 2. The van der Waals surface area contributed by atoms with Crippen LogP contribution in [0.25, 0.3) is 12.2 Å². The summed E-state index contributed by atoms with van der Waals surface area (Å²) in [5.74, 6) is 0.0168. The Labute approximate surface area is 217 Å². The van der Waals surface area contributed by atoms with E-state index in [0.29, 0.717) is 33.9 Å². The molecule has 38 heavy (non-hydrogen) atoms. The highest BCUT2D eigenvalue weighted by atomic mass is 16.6. The van der Waals surface area contributed by atoms with Crippen LogP contribution in [0.2, 0.25) is 0 Å². The van der Waals surface area contributed by atoms with Crippen molar-refractivity contribution >= 4 is 35.2 Å². The first kappa shape index (κ1) is 25.8. The van der Waals surface area contributed by atoms with Gasteiger partial charge in [0.1, 0.15) is 0 Å². The standard InChI is InChI=1S/C28H23N3O7/c1-18-27(31(34)35)24(38-30-18)15-13-19-12-14-23(25(16-19)36-2)37-17-26(32)29-22-11-7-6-10-21(22)28(33)20-8-4-3-5-9-20/h3-16H,17H2,1-2H3,(H,29,32)/b15-13+.